The molecule has 96 valence electrons. The zero-order chi connectivity index (χ0) is 13.2. The van der Waals surface area contributed by atoms with Crippen molar-refractivity contribution in [3.8, 4) is 0 Å². The second-order valence-corrected chi connectivity index (χ2v) is 4.39. The zero-order valence-electron chi connectivity index (χ0n) is 10.8. The van der Waals surface area contributed by atoms with Crippen LogP contribution < -0.4 is 5.73 Å². The maximum absolute atomic E-state index is 5.97. The van der Waals surface area contributed by atoms with Gasteiger partial charge in [-0.05, 0) is 24.6 Å². The number of aromatic nitrogens is 2. The number of hydrogen-bond donors (Lipinski definition) is 1. The van der Waals surface area contributed by atoms with E-state index in [0.717, 1.165) is 27.4 Å². The first kappa shape index (κ1) is 11.9. The number of benzene rings is 1. The summed E-state index contributed by atoms with van der Waals surface area (Å²) in [5.41, 5.74) is 8.65. The molecule has 0 radical (unpaired) electrons. The first-order chi connectivity index (χ1) is 9.29. The fourth-order valence-electron chi connectivity index (χ4n) is 2.20. The van der Waals surface area contributed by atoms with Crippen LogP contribution in [0.1, 0.15) is 12.5 Å². The van der Waals surface area contributed by atoms with Gasteiger partial charge in [0.15, 0.2) is 5.82 Å². The van der Waals surface area contributed by atoms with Crippen molar-refractivity contribution in [2.24, 2.45) is 0 Å². The van der Waals surface area contributed by atoms with Crippen LogP contribution in [-0.2, 0) is 11.3 Å². The van der Waals surface area contributed by atoms with Crippen molar-refractivity contribution in [3.63, 3.8) is 0 Å². The minimum atomic E-state index is 0.469. The molecule has 0 aliphatic carbocycles. The van der Waals surface area contributed by atoms with E-state index in [9.17, 15) is 0 Å². The Morgan fingerprint density at radius 1 is 1.21 bits per heavy atom. The Labute approximate surface area is 111 Å². The van der Waals surface area contributed by atoms with Crippen molar-refractivity contribution in [1.29, 1.82) is 0 Å². The summed E-state index contributed by atoms with van der Waals surface area (Å²) in [4.78, 5) is 8.80. The van der Waals surface area contributed by atoms with E-state index in [1.807, 2.05) is 31.2 Å². The number of pyridine rings is 2. The van der Waals surface area contributed by atoms with Crippen LogP contribution in [0.15, 0.2) is 36.5 Å². The number of nitrogens with zero attached hydrogens (tertiary/aromatic N) is 2. The molecule has 0 saturated heterocycles. The standard InChI is InChI=1S/C15H15N3O/c1-2-19-9-10-7-12-11-5-3-4-6-13(11)18-15(16)14(12)17-8-10/h3-8H,2,9H2,1H3,(H2,16,18). The molecule has 0 spiro atoms. The number of rotatable bonds is 3. The number of nitrogen functional groups attached to an aromatic ring is 1. The highest BCUT2D eigenvalue weighted by atomic mass is 16.5. The number of fused-ring (bicyclic) bond motifs is 3. The highest BCUT2D eigenvalue weighted by Gasteiger charge is 2.07. The van der Waals surface area contributed by atoms with Crippen LogP contribution in [0.3, 0.4) is 0 Å². The number of para-hydroxylation sites is 1. The lowest BCUT2D eigenvalue weighted by molar-refractivity contribution is 0.134. The maximum Gasteiger partial charge on any atom is 0.150 e. The SMILES string of the molecule is CCOCc1cnc2c(N)nc3ccccc3c2c1. The average molecular weight is 253 g/mol. The summed E-state index contributed by atoms with van der Waals surface area (Å²) in [5.74, 6) is 0.469. The molecule has 4 nitrogen and oxygen atoms in total. The van der Waals surface area contributed by atoms with Gasteiger partial charge in [0.05, 0.1) is 12.1 Å². The normalized spacial score (nSPS) is 11.2. The van der Waals surface area contributed by atoms with Crippen LogP contribution >= 0.6 is 0 Å². The highest BCUT2D eigenvalue weighted by molar-refractivity contribution is 6.08. The summed E-state index contributed by atoms with van der Waals surface area (Å²) >= 11 is 0. The Balaban J connectivity index is 2.26. The maximum atomic E-state index is 5.97. The van der Waals surface area contributed by atoms with Crippen LogP contribution in [0.4, 0.5) is 5.82 Å². The van der Waals surface area contributed by atoms with Gasteiger partial charge in [0.2, 0.25) is 0 Å². The van der Waals surface area contributed by atoms with Gasteiger partial charge in [-0.1, -0.05) is 18.2 Å². The van der Waals surface area contributed by atoms with E-state index in [4.69, 9.17) is 10.5 Å². The number of ether oxygens (including phenoxy) is 1. The largest absolute Gasteiger partial charge is 0.382 e. The summed E-state index contributed by atoms with van der Waals surface area (Å²) in [5, 5.41) is 2.10. The van der Waals surface area contributed by atoms with E-state index < -0.39 is 0 Å². The predicted octanol–water partition coefficient (Wildman–Crippen LogP) is 2.90. The van der Waals surface area contributed by atoms with Crippen molar-refractivity contribution >= 4 is 27.6 Å². The van der Waals surface area contributed by atoms with Gasteiger partial charge < -0.3 is 10.5 Å². The van der Waals surface area contributed by atoms with Gasteiger partial charge in [-0.15, -0.1) is 0 Å². The number of nitrogens with two attached hydrogens (primary N) is 1. The molecule has 19 heavy (non-hydrogen) atoms. The number of hydrogen-bond acceptors (Lipinski definition) is 4. The Hall–Kier alpha value is -2.20. The second kappa shape index (κ2) is 4.82. The Morgan fingerprint density at radius 3 is 2.89 bits per heavy atom. The van der Waals surface area contributed by atoms with Crippen LogP contribution in [-0.4, -0.2) is 16.6 Å². The second-order valence-electron chi connectivity index (χ2n) is 4.39. The molecule has 0 atom stereocenters. The summed E-state index contributed by atoms with van der Waals surface area (Å²) in [6, 6.07) is 10.0. The third-order valence-corrected chi connectivity index (χ3v) is 3.09. The van der Waals surface area contributed by atoms with E-state index in [2.05, 4.69) is 16.0 Å². The van der Waals surface area contributed by atoms with E-state index in [1.54, 1.807) is 6.20 Å². The van der Waals surface area contributed by atoms with Crippen molar-refractivity contribution in [2.75, 3.05) is 12.3 Å². The Kier molecular flexibility index (Phi) is 3.01. The Morgan fingerprint density at radius 2 is 2.05 bits per heavy atom. The minimum absolute atomic E-state index is 0.469. The molecule has 2 heterocycles. The summed E-state index contributed by atoms with van der Waals surface area (Å²) in [6.07, 6.45) is 1.80. The molecule has 1 aromatic carbocycles. The van der Waals surface area contributed by atoms with Crippen molar-refractivity contribution in [1.82, 2.24) is 9.97 Å². The van der Waals surface area contributed by atoms with Gasteiger partial charge in [0.25, 0.3) is 0 Å². The average Bonchev–Trinajstić information content (AvgIpc) is 2.45. The molecule has 3 rings (SSSR count). The van der Waals surface area contributed by atoms with E-state index >= 15 is 0 Å². The van der Waals surface area contributed by atoms with Crippen LogP contribution in [0, 0.1) is 0 Å². The molecule has 0 bridgehead atoms. The van der Waals surface area contributed by atoms with Gasteiger partial charge in [-0.3, -0.25) is 4.98 Å². The monoisotopic (exact) mass is 253 g/mol. The highest BCUT2D eigenvalue weighted by Crippen LogP contribution is 2.26. The van der Waals surface area contributed by atoms with E-state index in [1.165, 1.54) is 0 Å². The summed E-state index contributed by atoms with van der Waals surface area (Å²) in [6.45, 7) is 3.24. The summed E-state index contributed by atoms with van der Waals surface area (Å²) in [7, 11) is 0. The molecule has 0 amide bonds. The molecule has 3 aromatic rings. The molecule has 0 aliphatic heterocycles. The van der Waals surface area contributed by atoms with Gasteiger partial charge in [-0.2, -0.15) is 0 Å². The first-order valence-electron chi connectivity index (χ1n) is 6.30. The molecular formula is C15H15N3O. The van der Waals surface area contributed by atoms with E-state index in [0.29, 0.717) is 19.0 Å². The van der Waals surface area contributed by atoms with Crippen molar-refractivity contribution < 1.29 is 4.74 Å². The minimum Gasteiger partial charge on any atom is -0.382 e. The Bertz CT molecular complexity index is 740. The fraction of sp³-hybridized carbons (Fsp3) is 0.200. The number of anilines is 1. The summed E-state index contributed by atoms with van der Waals surface area (Å²) < 4.78 is 5.42. The van der Waals surface area contributed by atoms with Gasteiger partial charge in [0.1, 0.15) is 5.52 Å². The molecule has 0 aliphatic rings. The van der Waals surface area contributed by atoms with Crippen LogP contribution in [0.25, 0.3) is 21.8 Å². The van der Waals surface area contributed by atoms with Gasteiger partial charge >= 0.3 is 0 Å². The van der Waals surface area contributed by atoms with Gasteiger partial charge in [-0.25, -0.2) is 4.98 Å². The molecule has 0 fully saturated rings. The van der Waals surface area contributed by atoms with Crippen LogP contribution in [0.5, 0.6) is 0 Å². The quantitative estimate of drug-likeness (QED) is 0.729. The van der Waals surface area contributed by atoms with Crippen molar-refractivity contribution in [3.05, 3.63) is 42.1 Å². The molecule has 4 heteroatoms. The fourth-order valence-corrected chi connectivity index (χ4v) is 2.20. The predicted molar refractivity (Wildman–Crippen MR) is 76.8 cm³/mol. The lowest BCUT2D eigenvalue weighted by Gasteiger charge is -2.08. The molecular weight excluding hydrogens is 238 g/mol. The molecule has 0 saturated carbocycles. The van der Waals surface area contributed by atoms with E-state index in [-0.39, 0.29) is 0 Å². The van der Waals surface area contributed by atoms with Crippen LogP contribution in [0.2, 0.25) is 0 Å². The third-order valence-electron chi connectivity index (χ3n) is 3.09. The molecule has 0 unspecified atom stereocenters. The zero-order valence-corrected chi connectivity index (χ0v) is 10.8. The van der Waals surface area contributed by atoms with Crippen molar-refractivity contribution in [2.45, 2.75) is 13.5 Å². The lowest BCUT2D eigenvalue weighted by atomic mass is 10.1. The molecule has 2 aromatic heterocycles. The topological polar surface area (TPSA) is 61.0 Å². The van der Waals surface area contributed by atoms with Gasteiger partial charge in [0, 0.05) is 23.6 Å². The first-order valence-corrected chi connectivity index (χ1v) is 6.30. The smallest absolute Gasteiger partial charge is 0.150 e. The lowest BCUT2D eigenvalue weighted by Crippen LogP contribution is -1.98. The molecule has 2 N–H and O–H groups in total. The third kappa shape index (κ3) is 2.11.